The summed E-state index contributed by atoms with van der Waals surface area (Å²) in [6.45, 7) is -1.61. The van der Waals surface area contributed by atoms with Crippen molar-refractivity contribution in [2.24, 2.45) is 0 Å². The van der Waals surface area contributed by atoms with Gasteiger partial charge in [-0.1, -0.05) is 22.7 Å². The highest BCUT2D eigenvalue weighted by atomic mass is 32.2. The molecule has 0 aromatic carbocycles. The van der Waals surface area contributed by atoms with Crippen LogP contribution >= 0.6 is 34.9 Å². The highest BCUT2D eigenvalue weighted by molar-refractivity contribution is 8.01. The molecule has 5 N–H and O–H groups in total. The van der Waals surface area contributed by atoms with Gasteiger partial charge in [0, 0.05) is 22.4 Å². The number of nitrogens with zero attached hydrogens (tertiary/aromatic N) is 3. The van der Waals surface area contributed by atoms with E-state index in [1.807, 2.05) is 0 Å². The molecule has 3 atom stereocenters. The lowest BCUT2D eigenvalue weighted by Crippen LogP contribution is -2.71. The van der Waals surface area contributed by atoms with Crippen LogP contribution in [-0.2, 0) is 14.4 Å². The van der Waals surface area contributed by atoms with Crippen LogP contribution in [0.3, 0.4) is 0 Å². The molecule has 2 aromatic heterocycles. The Kier molecular flexibility index (Phi) is 8.64. The first kappa shape index (κ1) is 29.3. The number of thiophene rings is 1. The lowest BCUT2D eigenvalue weighted by Gasteiger charge is -2.49. The molecule has 19 heteroatoms. The van der Waals surface area contributed by atoms with Gasteiger partial charge in [0.1, 0.15) is 34.7 Å². The van der Waals surface area contributed by atoms with Crippen LogP contribution in [0.25, 0.3) is 0 Å². The van der Waals surface area contributed by atoms with Crippen LogP contribution in [0.4, 0.5) is 18.0 Å². The van der Waals surface area contributed by atoms with Gasteiger partial charge in [-0.25, -0.2) is 9.59 Å². The van der Waals surface area contributed by atoms with E-state index < -0.39 is 59.6 Å². The predicted octanol–water partition coefficient (Wildman–Crippen LogP) is 0.976. The maximum absolute atomic E-state index is 13.1. The molecule has 40 heavy (non-hydrogen) atoms. The molecule has 0 saturated carbocycles. The van der Waals surface area contributed by atoms with Gasteiger partial charge >= 0.3 is 23.7 Å². The van der Waals surface area contributed by atoms with Gasteiger partial charge in [0.05, 0.1) is 0 Å². The molecule has 4 heterocycles. The number of β-lactam (4-membered cyclic amide) rings is 1. The molecule has 2 aliphatic rings. The SMILES string of the molecule is O=C(NCC(F)(F)F)NC(C(=O)N[C@@H]1C(=O)N2C(C(=O)O)=C(CSc3ccc(=O)n(O)n3)CSC12)c1cccs1. The van der Waals surface area contributed by atoms with Gasteiger partial charge in [-0.05, 0) is 23.1 Å². The molecule has 0 aliphatic carbocycles. The Labute approximate surface area is 234 Å². The van der Waals surface area contributed by atoms with Crippen molar-refractivity contribution in [1.29, 1.82) is 0 Å². The summed E-state index contributed by atoms with van der Waals surface area (Å²) in [5.41, 5.74) is -0.652. The van der Waals surface area contributed by atoms with E-state index >= 15 is 0 Å². The van der Waals surface area contributed by atoms with Crippen LogP contribution in [-0.4, -0.2) is 84.6 Å². The number of aliphatic carboxylic acids is 1. The van der Waals surface area contributed by atoms with Crippen LogP contribution < -0.4 is 21.5 Å². The quantitative estimate of drug-likeness (QED) is 0.154. The Balaban J connectivity index is 1.45. The van der Waals surface area contributed by atoms with E-state index in [0.29, 0.717) is 10.5 Å². The van der Waals surface area contributed by atoms with Gasteiger partial charge in [-0.3, -0.25) is 19.3 Å². The number of alkyl halides is 3. The molecule has 2 aliphatic heterocycles. The van der Waals surface area contributed by atoms with Gasteiger partial charge in [0.25, 0.3) is 5.91 Å². The first-order chi connectivity index (χ1) is 18.9. The number of aromatic nitrogens is 2. The summed E-state index contributed by atoms with van der Waals surface area (Å²) in [5.74, 6) is -2.72. The Morgan fingerprint density at radius 3 is 2.60 bits per heavy atom. The maximum Gasteiger partial charge on any atom is 0.405 e. The minimum absolute atomic E-state index is 0.0742. The number of hydrogen-bond donors (Lipinski definition) is 5. The number of hydrogen-bond acceptors (Lipinski definition) is 10. The smallest absolute Gasteiger partial charge is 0.405 e. The van der Waals surface area contributed by atoms with Gasteiger partial charge in [0.2, 0.25) is 5.91 Å². The zero-order valence-electron chi connectivity index (χ0n) is 19.9. The van der Waals surface area contributed by atoms with Crippen molar-refractivity contribution in [1.82, 2.24) is 30.8 Å². The number of amides is 4. The van der Waals surface area contributed by atoms with Crippen molar-refractivity contribution in [2.45, 2.75) is 28.7 Å². The maximum atomic E-state index is 13.1. The molecule has 2 unspecified atom stereocenters. The number of carboxylic acid groups (broad SMARTS) is 1. The molecule has 1 fully saturated rings. The van der Waals surface area contributed by atoms with Crippen molar-refractivity contribution in [3.63, 3.8) is 0 Å². The molecule has 13 nitrogen and oxygen atoms in total. The molecule has 0 radical (unpaired) electrons. The molecule has 4 amide bonds. The van der Waals surface area contributed by atoms with Crippen molar-refractivity contribution < 1.29 is 42.7 Å². The second-order valence-electron chi connectivity index (χ2n) is 8.23. The second-order valence-corrected chi connectivity index (χ2v) is 11.3. The van der Waals surface area contributed by atoms with Crippen molar-refractivity contribution >= 4 is 58.7 Å². The first-order valence-electron chi connectivity index (χ1n) is 11.1. The topological polar surface area (TPSA) is 183 Å². The van der Waals surface area contributed by atoms with E-state index in [4.69, 9.17) is 0 Å². The van der Waals surface area contributed by atoms with Crippen molar-refractivity contribution in [3.8, 4) is 0 Å². The summed E-state index contributed by atoms with van der Waals surface area (Å²) in [6, 6.07) is 1.67. The third-order valence-electron chi connectivity index (χ3n) is 5.52. The normalized spacial score (nSPS) is 19.4. The summed E-state index contributed by atoms with van der Waals surface area (Å²) < 4.78 is 37.4. The summed E-state index contributed by atoms with van der Waals surface area (Å²) in [6.07, 6.45) is -4.66. The minimum Gasteiger partial charge on any atom is -0.477 e. The Morgan fingerprint density at radius 2 is 1.98 bits per heavy atom. The zero-order chi connectivity index (χ0) is 29.2. The summed E-state index contributed by atoms with van der Waals surface area (Å²) in [4.78, 5) is 62.9. The standard InChI is InChI=1S/C21H19F3N6O7S3/c22-21(23,24)8-25-20(36)27-13(10-2-1-5-38-10)16(32)26-14-17(33)29-15(19(34)35)9(7-40-18(14)29)6-39-11-3-4-12(31)30(37)28-11/h1-5,13-14,18,37H,6-8H2,(H,26,32)(H,34,35)(H2,25,27,36)/t13?,14-,18?/m1/s1. The Bertz CT molecular complexity index is 1420. The number of fused-ring (bicyclic) bond motifs is 1. The molecule has 2 aromatic rings. The number of halogens is 3. The fourth-order valence-corrected chi connectivity index (χ4v) is 6.85. The Morgan fingerprint density at radius 1 is 1.23 bits per heavy atom. The predicted molar refractivity (Wildman–Crippen MR) is 136 cm³/mol. The summed E-state index contributed by atoms with van der Waals surface area (Å²) in [5, 5.41) is 30.2. The van der Waals surface area contributed by atoms with Crippen LogP contribution in [0.15, 0.2) is 50.7 Å². The van der Waals surface area contributed by atoms with Crippen LogP contribution in [0, 0.1) is 0 Å². The van der Waals surface area contributed by atoms with E-state index in [1.165, 1.54) is 23.9 Å². The third kappa shape index (κ3) is 6.53. The highest BCUT2D eigenvalue weighted by Crippen LogP contribution is 2.41. The number of urea groups is 1. The van der Waals surface area contributed by atoms with Gasteiger partial charge in [-0.15, -0.1) is 28.2 Å². The first-order valence-corrected chi connectivity index (χ1v) is 14.0. The second kappa shape index (κ2) is 11.8. The highest BCUT2D eigenvalue weighted by Gasteiger charge is 2.54. The average Bonchev–Trinajstić information content (AvgIpc) is 3.43. The number of thioether (sulfide) groups is 2. The number of carbonyl (C=O) groups excluding carboxylic acids is 3. The van der Waals surface area contributed by atoms with E-state index in [2.05, 4.69) is 15.7 Å². The van der Waals surface area contributed by atoms with E-state index in [0.717, 1.165) is 34.1 Å². The molecular weight excluding hydrogens is 601 g/mol. The number of nitrogens with one attached hydrogen (secondary N) is 3. The summed E-state index contributed by atoms with van der Waals surface area (Å²) >= 11 is 3.27. The number of carbonyl (C=O) groups is 4. The number of rotatable bonds is 9. The van der Waals surface area contributed by atoms with E-state index in [9.17, 15) is 47.5 Å². The molecule has 4 rings (SSSR count). The van der Waals surface area contributed by atoms with Gasteiger partial charge < -0.3 is 26.3 Å². The molecule has 0 bridgehead atoms. The molecule has 214 valence electrons. The Hall–Kier alpha value is -3.71. The summed E-state index contributed by atoms with van der Waals surface area (Å²) in [7, 11) is 0. The fraction of sp³-hybridized carbons (Fsp3) is 0.333. The number of carboxylic acids is 1. The van der Waals surface area contributed by atoms with Gasteiger partial charge in [-0.2, -0.15) is 13.2 Å². The lowest BCUT2D eigenvalue weighted by molar-refractivity contribution is -0.150. The van der Waals surface area contributed by atoms with Gasteiger partial charge in [0.15, 0.2) is 0 Å². The zero-order valence-corrected chi connectivity index (χ0v) is 22.3. The van der Waals surface area contributed by atoms with Crippen molar-refractivity contribution in [3.05, 3.63) is 56.1 Å². The van der Waals surface area contributed by atoms with E-state index in [1.54, 1.807) is 16.8 Å². The van der Waals surface area contributed by atoms with E-state index in [-0.39, 0.29) is 27.1 Å². The molecule has 1 saturated heterocycles. The molecule has 0 spiro atoms. The van der Waals surface area contributed by atoms with Crippen LogP contribution in [0.5, 0.6) is 0 Å². The van der Waals surface area contributed by atoms with Crippen LogP contribution in [0.1, 0.15) is 10.9 Å². The van der Waals surface area contributed by atoms with Crippen molar-refractivity contribution in [2.75, 3.05) is 18.1 Å². The fourth-order valence-electron chi connectivity index (χ4n) is 3.74. The minimum atomic E-state index is -4.66. The average molecular weight is 621 g/mol. The monoisotopic (exact) mass is 620 g/mol. The lowest BCUT2D eigenvalue weighted by atomic mass is 10.0. The third-order valence-corrected chi connectivity index (χ3v) is 8.80. The largest absolute Gasteiger partial charge is 0.477 e. The van der Waals surface area contributed by atoms with Crippen LogP contribution in [0.2, 0.25) is 0 Å². The molecular formula is C21H19F3N6O7S3.